The zero-order chi connectivity index (χ0) is 14.1. The second-order valence-electron chi connectivity index (χ2n) is 4.18. The maximum Gasteiger partial charge on any atom is 0.332 e. The van der Waals surface area contributed by atoms with E-state index in [1.165, 1.54) is 11.0 Å². The molecule has 0 bridgehead atoms. The fourth-order valence-corrected chi connectivity index (χ4v) is 1.41. The van der Waals surface area contributed by atoms with Crippen LogP contribution in [0.5, 0.6) is 0 Å². The first-order valence-corrected chi connectivity index (χ1v) is 6.27. The molecule has 0 spiro atoms. The Morgan fingerprint density at radius 1 is 1.26 bits per heavy atom. The lowest BCUT2D eigenvalue weighted by Gasteiger charge is -2.15. The Bertz CT molecular complexity index is 440. The third-order valence-electron chi connectivity index (χ3n) is 2.50. The normalized spacial score (nSPS) is 10.4. The minimum atomic E-state index is -0.458. The molecule has 0 N–H and O–H groups in total. The van der Waals surface area contributed by atoms with Crippen molar-refractivity contribution in [3.8, 4) is 0 Å². The van der Waals surface area contributed by atoms with Crippen LogP contribution in [0.4, 0.5) is 0 Å². The van der Waals surface area contributed by atoms with Crippen LogP contribution in [0.25, 0.3) is 6.08 Å². The SMILES string of the molecule is CCCC(=O)N(C)COC(=O)C=Cc1ccccc1. The van der Waals surface area contributed by atoms with Gasteiger partial charge < -0.3 is 9.64 Å². The number of esters is 1. The third-order valence-corrected chi connectivity index (χ3v) is 2.50. The Balaban J connectivity index is 2.36. The van der Waals surface area contributed by atoms with Crippen LogP contribution in [0.1, 0.15) is 25.3 Å². The van der Waals surface area contributed by atoms with Gasteiger partial charge in [-0.25, -0.2) is 4.79 Å². The van der Waals surface area contributed by atoms with Crippen LogP contribution in [0.3, 0.4) is 0 Å². The molecule has 4 nitrogen and oxygen atoms in total. The summed E-state index contributed by atoms with van der Waals surface area (Å²) in [5, 5.41) is 0. The van der Waals surface area contributed by atoms with Crippen LogP contribution in [-0.4, -0.2) is 30.6 Å². The van der Waals surface area contributed by atoms with Crippen LogP contribution < -0.4 is 0 Å². The van der Waals surface area contributed by atoms with Gasteiger partial charge in [-0.1, -0.05) is 37.3 Å². The maximum atomic E-state index is 11.5. The first-order chi connectivity index (χ1) is 9.13. The highest BCUT2D eigenvalue weighted by Gasteiger charge is 2.08. The van der Waals surface area contributed by atoms with Gasteiger partial charge in [-0.05, 0) is 18.1 Å². The second kappa shape index (κ2) is 8.08. The summed E-state index contributed by atoms with van der Waals surface area (Å²) in [6, 6.07) is 9.47. The molecule has 19 heavy (non-hydrogen) atoms. The Labute approximate surface area is 113 Å². The summed E-state index contributed by atoms with van der Waals surface area (Å²) in [6.07, 6.45) is 4.28. The average Bonchev–Trinajstić information content (AvgIpc) is 2.43. The van der Waals surface area contributed by atoms with Crippen molar-refractivity contribution >= 4 is 18.0 Å². The second-order valence-corrected chi connectivity index (χ2v) is 4.18. The first kappa shape index (κ1) is 15.0. The topological polar surface area (TPSA) is 46.6 Å². The molecule has 1 amide bonds. The molecule has 0 saturated carbocycles. The van der Waals surface area contributed by atoms with E-state index in [0.29, 0.717) is 6.42 Å². The molecule has 0 unspecified atom stereocenters. The molecular formula is C15H19NO3. The molecule has 1 rings (SSSR count). The van der Waals surface area contributed by atoms with Crippen molar-refractivity contribution in [2.45, 2.75) is 19.8 Å². The summed E-state index contributed by atoms with van der Waals surface area (Å²) >= 11 is 0. The molecule has 0 heterocycles. The monoisotopic (exact) mass is 261 g/mol. The van der Waals surface area contributed by atoms with E-state index in [1.54, 1.807) is 13.1 Å². The zero-order valence-corrected chi connectivity index (χ0v) is 11.3. The van der Waals surface area contributed by atoms with Crippen LogP contribution in [0.15, 0.2) is 36.4 Å². The lowest BCUT2D eigenvalue weighted by atomic mass is 10.2. The van der Waals surface area contributed by atoms with Gasteiger partial charge in [-0.15, -0.1) is 0 Å². The smallest absolute Gasteiger partial charge is 0.332 e. The van der Waals surface area contributed by atoms with Gasteiger partial charge in [0.15, 0.2) is 6.73 Å². The summed E-state index contributed by atoms with van der Waals surface area (Å²) in [5.41, 5.74) is 0.926. The predicted octanol–water partition coefficient (Wildman–Crippen LogP) is 2.46. The Kier molecular flexibility index (Phi) is 6.36. The van der Waals surface area contributed by atoms with Crippen LogP contribution in [0, 0.1) is 0 Å². The molecule has 4 heteroatoms. The van der Waals surface area contributed by atoms with E-state index in [-0.39, 0.29) is 12.6 Å². The molecule has 0 aliphatic heterocycles. The number of amides is 1. The van der Waals surface area contributed by atoms with E-state index in [9.17, 15) is 9.59 Å². The number of hydrogen-bond donors (Lipinski definition) is 0. The van der Waals surface area contributed by atoms with Crippen LogP contribution in [-0.2, 0) is 14.3 Å². The Morgan fingerprint density at radius 2 is 1.95 bits per heavy atom. The van der Waals surface area contributed by atoms with Gasteiger partial charge >= 0.3 is 5.97 Å². The molecular weight excluding hydrogens is 242 g/mol. The summed E-state index contributed by atoms with van der Waals surface area (Å²) in [5.74, 6) is -0.484. The molecule has 102 valence electrons. The van der Waals surface area contributed by atoms with Crippen molar-refractivity contribution in [2.24, 2.45) is 0 Å². The minimum Gasteiger partial charge on any atom is -0.441 e. The molecule has 0 aromatic heterocycles. The zero-order valence-electron chi connectivity index (χ0n) is 11.3. The Hall–Kier alpha value is -2.10. The van der Waals surface area contributed by atoms with Crippen molar-refractivity contribution in [3.63, 3.8) is 0 Å². The molecule has 1 aromatic rings. The number of carbonyl (C=O) groups is 2. The quantitative estimate of drug-likeness (QED) is 0.449. The largest absolute Gasteiger partial charge is 0.441 e. The van der Waals surface area contributed by atoms with Gasteiger partial charge in [0, 0.05) is 19.5 Å². The fraction of sp³-hybridized carbons (Fsp3) is 0.333. The lowest BCUT2D eigenvalue weighted by Crippen LogP contribution is -2.29. The molecule has 0 aliphatic carbocycles. The van der Waals surface area contributed by atoms with Gasteiger partial charge in [0.2, 0.25) is 5.91 Å². The Morgan fingerprint density at radius 3 is 2.58 bits per heavy atom. The van der Waals surface area contributed by atoms with E-state index >= 15 is 0 Å². The van der Waals surface area contributed by atoms with E-state index in [1.807, 2.05) is 37.3 Å². The highest BCUT2D eigenvalue weighted by Crippen LogP contribution is 2.01. The van der Waals surface area contributed by atoms with Gasteiger partial charge in [-0.2, -0.15) is 0 Å². The standard InChI is InChI=1S/C15H19NO3/c1-3-7-14(17)16(2)12-19-15(18)11-10-13-8-5-4-6-9-13/h4-6,8-11H,3,7,12H2,1-2H3. The summed E-state index contributed by atoms with van der Waals surface area (Å²) in [4.78, 5) is 24.3. The van der Waals surface area contributed by atoms with Crippen molar-refractivity contribution in [2.75, 3.05) is 13.8 Å². The number of ether oxygens (including phenoxy) is 1. The molecule has 0 saturated heterocycles. The summed E-state index contributed by atoms with van der Waals surface area (Å²) in [6.45, 7) is 1.91. The van der Waals surface area contributed by atoms with Gasteiger partial charge in [-0.3, -0.25) is 4.79 Å². The fourth-order valence-electron chi connectivity index (χ4n) is 1.41. The molecule has 0 aliphatic rings. The number of benzene rings is 1. The first-order valence-electron chi connectivity index (χ1n) is 6.27. The number of carbonyl (C=O) groups excluding carboxylic acids is 2. The number of hydrogen-bond acceptors (Lipinski definition) is 3. The van der Waals surface area contributed by atoms with Crippen molar-refractivity contribution in [1.29, 1.82) is 0 Å². The molecule has 1 aromatic carbocycles. The number of rotatable bonds is 6. The van der Waals surface area contributed by atoms with Crippen molar-refractivity contribution < 1.29 is 14.3 Å². The van der Waals surface area contributed by atoms with Crippen molar-refractivity contribution in [1.82, 2.24) is 4.90 Å². The third kappa shape index (κ3) is 5.86. The van der Waals surface area contributed by atoms with Crippen molar-refractivity contribution in [3.05, 3.63) is 42.0 Å². The lowest BCUT2D eigenvalue weighted by molar-refractivity contribution is -0.147. The maximum absolute atomic E-state index is 11.5. The minimum absolute atomic E-state index is 0.0171. The number of nitrogens with zero attached hydrogens (tertiary/aromatic N) is 1. The van der Waals surface area contributed by atoms with E-state index in [4.69, 9.17) is 4.74 Å². The van der Waals surface area contributed by atoms with Gasteiger partial charge in [0.05, 0.1) is 0 Å². The van der Waals surface area contributed by atoms with Gasteiger partial charge in [0.25, 0.3) is 0 Å². The highest BCUT2D eigenvalue weighted by atomic mass is 16.5. The van der Waals surface area contributed by atoms with Crippen LogP contribution in [0.2, 0.25) is 0 Å². The molecule has 0 atom stereocenters. The van der Waals surface area contributed by atoms with E-state index in [0.717, 1.165) is 12.0 Å². The average molecular weight is 261 g/mol. The van der Waals surface area contributed by atoms with E-state index < -0.39 is 5.97 Å². The highest BCUT2D eigenvalue weighted by molar-refractivity contribution is 5.87. The predicted molar refractivity (Wildman–Crippen MR) is 74.1 cm³/mol. The summed E-state index contributed by atoms with van der Waals surface area (Å²) in [7, 11) is 1.62. The molecule has 0 radical (unpaired) electrons. The van der Waals surface area contributed by atoms with E-state index in [2.05, 4.69) is 0 Å². The van der Waals surface area contributed by atoms with Gasteiger partial charge in [0.1, 0.15) is 0 Å². The van der Waals surface area contributed by atoms with Crippen LogP contribution >= 0.6 is 0 Å². The summed E-state index contributed by atoms with van der Waals surface area (Å²) < 4.78 is 4.97. The molecule has 0 fully saturated rings.